The van der Waals surface area contributed by atoms with Gasteiger partial charge in [0, 0.05) is 0 Å². The molecule has 0 bridgehead atoms. The van der Waals surface area contributed by atoms with Crippen LogP contribution in [-0.2, 0) is 15.9 Å². The molecule has 0 saturated heterocycles. The summed E-state index contributed by atoms with van der Waals surface area (Å²) in [5.41, 5.74) is 8.55. The predicted molar refractivity (Wildman–Crippen MR) is 131 cm³/mol. The molecule has 0 heterocycles. The summed E-state index contributed by atoms with van der Waals surface area (Å²) in [6, 6.07) is 25.6. The number of halogens is 2. The average Bonchev–Trinajstić information content (AvgIpc) is 3.32. The fraction of sp³-hybridized carbons (Fsp3) is 0.222. The minimum absolute atomic E-state index is 0.00930. The molecule has 0 aromatic heterocycles. The first-order valence-electron chi connectivity index (χ1n) is 10.8. The van der Waals surface area contributed by atoms with Crippen LogP contribution in [0.2, 0.25) is 0 Å². The van der Waals surface area contributed by atoms with Gasteiger partial charge in [-0.25, -0.2) is 0 Å². The molecule has 1 unspecified atom stereocenters. The van der Waals surface area contributed by atoms with Crippen LogP contribution in [0.3, 0.4) is 0 Å². The van der Waals surface area contributed by atoms with Gasteiger partial charge in [0.2, 0.25) is 0 Å². The summed E-state index contributed by atoms with van der Waals surface area (Å²) < 4.78 is 1.13. The van der Waals surface area contributed by atoms with E-state index < -0.39 is 15.9 Å². The molecule has 0 spiro atoms. The van der Waals surface area contributed by atoms with E-state index in [1.165, 1.54) is 36.6 Å². The Labute approximate surface area is 192 Å². The summed E-state index contributed by atoms with van der Waals surface area (Å²) in [7, 11) is 16.0. The Balaban J connectivity index is 1.84. The molecule has 3 aromatic rings. The van der Waals surface area contributed by atoms with Gasteiger partial charge in [-0.15, -0.1) is 0 Å². The van der Waals surface area contributed by atoms with Gasteiger partial charge in [0.25, 0.3) is 0 Å². The van der Waals surface area contributed by atoms with Crippen LogP contribution in [0, 0.1) is 0 Å². The summed E-state index contributed by atoms with van der Waals surface area (Å²) in [6.45, 7) is 4.39. The van der Waals surface area contributed by atoms with Crippen LogP contribution in [0.1, 0.15) is 49.8 Å². The van der Waals surface area contributed by atoms with E-state index in [1.807, 2.05) is 0 Å². The third-order valence-corrected chi connectivity index (χ3v) is 29.9. The molecule has 0 saturated carbocycles. The second-order valence-electron chi connectivity index (χ2n) is 8.99. The molecule has 158 valence electrons. The Hall–Kier alpha value is -1.31. The molecule has 2 aliphatic rings. The molecule has 0 aliphatic heterocycles. The summed E-state index contributed by atoms with van der Waals surface area (Å²) in [5, 5.41) is 9.69. The first-order chi connectivity index (χ1) is 14.9. The van der Waals surface area contributed by atoms with Crippen LogP contribution >= 0.6 is 17.0 Å². The van der Waals surface area contributed by atoms with Gasteiger partial charge < -0.3 is 0 Å². The van der Waals surface area contributed by atoms with Gasteiger partial charge in [-0.1, -0.05) is 0 Å². The fourth-order valence-corrected chi connectivity index (χ4v) is 21.8. The number of hydrogen-bond acceptors (Lipinski definition) is 1. The van der Waals surface area contributed by atoms with Gasteiger partial charge in [-0.05, 0) is 0 Å². The zero-order valence-corrected chi connectivity index (χ0v) is 21.7. The number of fused-ring (bicyclic) bond motifs is 4. The van der Waals surface area contributed by atoms with E-state index in [4.69, 9.17) is 17.0 Å². The van der Waals surface area contributed by atoms with Crippen molar-refractivity contribution >= 4 is 25.8 Å². The average molecular weight is 529 g/mol. The zero-order chi connectivity index (χ0) is 21.8. The van der Waals surface area contributed by atoms with Crippen LogP contribution in [0.5, 0.6) is 0 Å². The molecule has 0 fully saturated rings. The standard InChI is InChI=1S/C13H9.C11H11O.C3H6.2ClH.Zr/c1-3-7-12-10(5-1)9-11-6-2-4-8-13(11)12;12-8-7-10-6-5-9-3-1-2-4-11(9)10;1-3-2;;;/h1-9H;1-6,12H,7-8H2;1-2H3;2*1H;/q;;;;;+2/p-2. The first kappa shape index (κ1) is 21.5. The van der Waals surface area contributed by atoms with Crippen molar-refractivity contribution in [2.24, 2.45) is 0 Å². The monoisotopic (exact) mass is 526 g/mol. The van der Waals surface area contributed by atoms with Crippen LogP contribution in [0.4, 0.5) is 0 Å². The summed E-state index contributed by atoms with van der Waals surface area (Å²) >= 11 is -4.79. The number of benzene rings is 3. The summed E-state index contributed by atoms with van der Waals surface area (Å²) in [5.74, 6) is 0. The SMILES string of the molecule is C[C](C)=[Zr]([Cl])([Cl])([CH]1C=C(CCO)c2ccccc21)[CH]1c2ccccc2-c2ccccc21. The molecule has 4 heteroatoms. The van der Waals surface area contributed by atoms with Crippen LogP contribution in [0.15, 0.2) is 78.9 Å². The van der Waals surface area contributed by atoms with Crippen LogP contribution in [-0.4, -0.2) is 14.9 Å². The van der Waals surface area contributed by atoms with Gasteiger partial charge in [0.1, 0.15) is 0 Å². The number of allylic oxidation sites excluding steroid dienone is 1. The Morgan fingerprint density at radius 3 is 1.77 bits per heavy atom. The Morgan fingerprint density at radius 2 is 1.26 bits per heavy atom. The quantitative estimate of drug-likeness (QED) is 0.372. The Kier molecular flexibility index (Phi) is 5.30. The minimum atomic E-state index is -4.79. The Bertz CT molecular complexity index is 1250. The molecule has 3 aromatic carbocycles. The van der Waals surface area contributed by atoms with Crippen molar-refractivity contribution in [2.75, 3.05) is 6.61 Å². The molecule has 0 amide bonds. The van der Waals surface area contributed by atoms with Crippen molar-refractivity contribution in [1.82, 2.24) is 0 Å². The zero-order valence-electron chi connectivity index (χ0n) is 17.8. The topological polar surface area (TPSA) is 20.2 Å². The van der Waals surface area contributed by atoms with E-state index in [1.54, 1.807) is 0 Å². The van der Waals surface area contributed by atoms with Crippen molar-refractivity contribution < 1.29 is 21.0 Å². The summed E-state index contributed by atoms with van der Waals surface area (Å²) in [4.78, 5) is 0. The van der Waals surface area contributed by atoms with Crippen LogP contribution < -0.4 is 0 Å². The summed E-state index contributed by atoms with van der Waals surface area (Å²) in [6.07, 6.45) is 2.90. The van der Waals surface area contributed by atoms with Crippen molar-refractivity contribution in [3.63, 3.8) is 0 Å². The maximum absolute atomic E-state index is 9.69. The van der Waals surface area contributed by atoms with Gasteiger partial charge in [0.15, 0.2) is 0 Å². The Morgan fingerprint density at radius 1 is 0.774 bits per heavy atom. The van der Waals surface area contributed by atoms with Gasteiger partial charge >= 0.3 is 193 Å². The van der Waals surface area contributed by atoms with E-state index in [0.717, 1.165) is 5.57 Å². The normalized spacial score (nSPS) is 17.7. The molecule has 1 nitrogen and oxygen atoms in total. The fourth-order valence-electron chi connectivity index (χ4n) is 5.72. The molecule has 5 rings (SSSR count). The van der Waals surface area contributed by atoms with E-state index >= 15 is 0 Å². The second kappa shape index (κ2) is 7.63. The number of hydrogen-bond donors (Lipinski definition) is 1. The molecule has 0 radical (unpaired) electrons. The van der Waals surface area contributed by atoms with Gasteiger partial charge in [-0.2, -0.15) is 0 Å². The molecule has 1 atom stereocenters. The molecule has 2 aliphatic carbocycles. The van der Waals surface area contributed by atoms with E-state index in [-0.39, 0.29) is 13.9 Å². The molecular formula is C27H26Cl2OZr. The third kappa shape index (κ3) is 2.99. The van der Waals surface area contributed by atoms with Crippen molar-refractivity contribution in [1.29, 1.82) is 0 Å². The molecular weight excluding hydrogens is 502 g/mol. The van der Waals surface area contributed by atoms with Crippen molar-refractivity contribution in [2.45, 2.75) is 27.5 Å². The maximum atomic E-state index is 9.69. The third-order valence-electron chi connectivity index (χ3n) is 7.28. The van der Waals surface area contributed by atoms with E-state index in [2.05, 4.69) is 92.7 Å². The predicted octanol–water partition coefficient (Wildman–Crippen LogP) is 7.49. The van der Waals surface area contributed by atoms with E-state index in [0.29, 0.717) is 6.42 Å². The van der Waals surface area contributed by atoms with Gasteiger partial charge in [-0.3, -0.25) is 0 Å². The molecule has 1 N–H and O–H groups in total. The number of rotatable bonds is 4. The number of aliphatic hydroxyl groups is 1. The van der Waals surface area contributed by atoms with Crippen molar-refractivity contribution in [3.05, 3.63) is 101 Å². The van der Waals surface area contributed by atoms with Crippen molar-refractivity contribution in [3.8, 4) is 11.1 Å². The molecule has 31 heavy (non-hydrogen) atoms. The first-order valence-corrected chi connectivity index (χ1v) is 21.2. The second-order valence-corrected chi connectivity index (χ2v) is 30.8. The number of aliphatic hydroxyl groups excluding tert-OH is 1. The van der Waals surface area contributed by atoms with E-state index in [9.17, 15) is 5.11 Å². The van der Waals surface area contributed by atoms with Crippen LogP contribution in [0.25, 0.3) is 16.7 Å². The van der Waals surface area contributed by atoms with Gasteiger partial charge in [0.05, 0.1) is 0 Å².